The number of aromatic amines is 1. The molecule has 1 saturated heterocycles. The Morgan fingerprint density at radius 2 is 1.71 bits per heavy atom. The van der Waals surface area contributed by atoms with Gasteiger partial charge in [-0.3, -0.25) is 4.79 Å². The molecule has 9 nitrogen and oxygen atoms in total. The van der Waals surface area contributed by atoms with Gasteiger partial charge in [0.15, 0.2) is 5.65 Å². The molecule has 4 aromatic rings. The number of hydrogen-bond acceptors (Lipinski definition) is 5. The quantitative estimate of drug-likeness (QED) is 0.349. The van der Waals surface area contributed by atoms with Crippen molar-refractivity contribution in [1.29, 1.82) is 0 Å². The van der Waals surface area contributed by atoms with Gasteiger partial charge in [0.25, 0.3) is 5.56 Å². The van der Waals surface area contributed by atoms with Gasteiger partial charge < -0.3 is 20.1 Å². The van der Waals surface area contributed by atoms with Crippen LogP contribution in [0.1, 0.15) is 24.0 Å². The number of anilines is 1. The van der Waals surface area contributed by atoms with E-state index in [1.165, 1.54) is 4.68 Å². The molecule has 2 amide bonds. The van der Waals surface area contributed by atoms with Gasteiger partial charge in [0.2, 0.25) is 0 Å². The van der Waals surface area contributed by atoms with E-state index >= 15 is 0 Å². The van der Waals surface area contributed by atoms with E-state index in [4.69, 9.17) is 39.8 Å². The van der Waals surface area contributed by atoms with Gasteiger partial charge in [-0.2, -0.15) is 5.10 Å². The molecule has 3 heterocycles. The lowest BCUT2D eigenvalue weighted by molar-refractivity contribution is 0.164. The fraction of sp³-hybridized carbons (Fsp3) is 0.308. The van der Waals surface area contributed by atoms with Crippen LogP contribution >= 0.6 is 34.8 Å². The maximum atomic E-state index is 13.1. The van der Waals surface area contributed by atoms with Gasteiger partial charge in [0, 0.05) is 43.3 Å². The highest BCUT2D eigenvalue weighted by Crippen LogP contribution is 2.33. The molecular formula is C26H26Cl3N7O2. The van der Waals surface area contributed by atoms with E-state index < -0.39 is 0 Å². The van der Waals surface area contributed by atoms with Crippen LogP contribution in [0.3, 0.4) is 0 Å². The SMILES string of the molecule is CCc1nn(-c2c(Cl)cc(Cl)cc2Cl)c2nc(Cc3ccc(NC(=O)N4CCN(C)CC4)cc3)[nH]c(=O)c12. The van der Waals surface area contributed by atoms with Crippen LogP contribution in [0.4, 0.5) is 10.5 Å². The summed E-state index contributed by atoms with van der Waals surface area (Å²) < 4.78 is 1.50. The van der Waals surface area contributed by atoms with Crippen molar-refractivity contribution in [2.45, 2.75) is 19.8 Å². The number of rotatable bonds is 5. The first-order chi connectivity index (χ1) is 18.2. The molecule has 12 heteroatoms. The monoisotopic (exact) mass is 573 g/mol. The first-order valence-corrected chi connectivity index (χ1v) is 13.4. The predicted octanol–water partition coefficient (Wildman–Crippen LogP) is 5.00. The second kappa shape index (κ2) is 10.9. The molecule has 0 radical (unpaired) electrons. The molecule has 2 aromatic carbocycles. The average Bonchev–Trinajstić information content (AvgIpc) is 3.24. The zero-order valence-corrected chi connectivity index (χ0v) is 23.2. The minimum absolute atomic E-state index is 0.109. The van der Waals surface area contributed by atoms with Crippen molar-refractivity contribution in [2.75, 3.05) is 38.5 Å². The minimum Gasteiger partial charge on any atom is -0.322 e. The number of piperazine rings is 1. The molecule has 38 heavy (non-hydrogen) atoms. The summed E-state index contributed by atoms with van der Waals surface area (Å²) in [6, 6.07) is 10.5. The third-order valence-corrected chi connectivity index (χ3v) is 7.35. The van der Waals surface area contributed by atoms with Crippen LogP contribution < -0.4 is 10.9 Å². The number of fused-ring (bicyclic) bond motifs is 1. The fourth-order valence-corrected chi connectivity index (χ4v) is 5.45. The molecule has 1 aliphatic heterocycles. The number of hydrogen-bond donors (Lipinski definition) is 2. The molecule has 198 valence electrons. The smallest absolute Gasteiger partial charge is 0.321 e. The van der Waals surface area contributed by atoms with Gasteiger partial charge in [-0.05, 0) is 43.3 Å². The van der Waals surface area contributed by atoms with Crippen LogP contribution in [0.2, 0.25) is 15.1 Å². The summed E-state index contributed by atoms with van der Waals surface area (Å²) >= 11 is 19.0. The minimum atomic E-state index is -0.287. The van der Waals surface area contributed by atoms with E-state index in [0.29, 0.717) is 74.9 Å². The lowest BCUT2D eigenvalue weighted by atomic mass is 10.1. The van der Waals surface area contributed by atoms with Gasteiger partial charge in [-0.15, -0.1) is 0 Å². The molecule has 0 aliphatic carbocycles. The highest BCUT2D eigenvalue weighted by atomic mass is 35.5. The van der Waals surface area contributed by atoms with E-state index in [2.05, 4.69) is 20.3 Å². The number of halogens is 3. The summed E-state index contributed by atoms with van der Waals surface area (Å²) in [6.45, 7) is 5.03. The number of urea groups is 1. The average molecular weight is 575 g/mol. The summed E-state index contributed by atoms with van der Waals surface area (Å²) in [5.74, 6) is 0.460. The van der Waals surface area contributed by atoms with Crippen LogP contribution in [0, 0.1) is 0 Å². The highest BCUT2D eigenvalue weighted by molar-refractivity contribution is 6.40. The summed E-state index contributed by atoms with van der Waals surface area (Å²) in [6.07, 6.45) is 0.893. The first-order valence-electron chi connectivity index (χ1n) is 12.2. The molecule has 1 fully saturated rings. The van der Waals surface area contributed by atoms with Crippen molar-refractivity contribution in [3.63, 3.8) is 0 Å². The zero-order valence-electron chi connectivity index (χ0n) is 20.9. The molecule has 2 aromatic heterocycles. The lowest BCUT2D eigenvalue weighted by Crippen LogP contribution is -2.48. The first kappa shape index (κ1) is 26.5. The number of amides is 2. The van der Waals surface area contributed by atoms with Crippen LogP contribution in [-0.2, 0) is 12.8 Å². The van der Waals surface area contributed by atoms with Crippen LogP contribution in [0.25, 0.3) is 16.7 Å². The van der Waals surface area contributed by atoms with Gasteiger partial charge in [-0.25, -0.2) is 14.5 Å². The van der Waals surface area contributed by atoms with Gasteiger partial charge in [0.1, 0.15) is 16.9 Å². The zero-order chi connectivity index (χ0) is 27.0. The van der Waals surface area contributed by atoms with Crippen molar-refractivity contribution < 1.29 is 4.79 Å². The number of carbonyl (C=O) groups excluding carboxylic acids is 1. The predicted molar refractivity (Wildman–Crippen MR) is 151 cm³/mol. The van der Waals surface area contributed by atoms with Crippen LogP contribution in [-0.4, -0.2) is 68.8 Å². The summed E-state index contributed by atoms with van der Waals surface area (Å²) in [7, 11) is 2.05. The number of nitrogens with zero attached hydrogens (tertiary/aromatic N) is 5. The number of likely N-dealkylation sites (N-methyl/N-ethyl adjacent to an activating group) is 1. The summed E-state index contributed by atoms with van der Waals surface area (Å²) in [4.78, 5) is 37.3. The molecule has 2 N–H and O–H groups in total. The number of aryl methyl sites for hydroxylation is 1. The van der Waals surface area contributed by atoms with E-state index in [1.54, 1.807) is 12.1 Å². The largest absolute Gasteiger partial charge is 0.322 e. The molecule has 0 atom stereocenters. The second-order valence-electron chi connectivity index (χ2n) is 9.24. The van der Waals surface area contributed by atoms with Crippen molar-refractivity contribution in [2.24, 2.45) is 0 Å². The van der Waals surface area contributed by atoms with Crippen LogP contribution in [0.5, 0.6) is 0 Å². The third kappa shape index (κ3) is 5.37. The summed E-state index contributed by atoms with van der Waals surface area (Å²) in [5, 5.41) is 8.93. The number of H-pyrrole nitrogens is 1. The summed E-state index contributed by atoms with van der Waals surface area (Å²) in [5.41, 5.74) is 2.68. The number of nitrogens with one attached hydrogen (secondary N) is 2. The van der Waals surface area contributed by atoms with Crippen molar-refractivity contribution in [3.8, 4) is 5.69 Å². The van der Waals surface area contributed by atoms with Crippen molar-refractivity contribution in [1.82, 2.24) is 29.5 Å². The number of aromatic nitrogens is 4. The Bertz CT molecular complexity index is 1530. The molecule has 0 spiro atoms. The fourth-order valence-electron chi connectivity index (χ4n) is 4.47. The Morgan fingerprint density at radius 1 is 1.05 bits per heavy atom. The van der Waals surface area contributed by atoms with E-state index in [1.807, 2.05) is 43.1 Å². The maximum absolute atomic E-state index is 13.1. The van der Waals surface area contributed by atoms with E-state index in [9.17, 15) is 9.59 Å². The highest BCUT2D eigenvalue weighted by Gasteiger charge is 2.21. The van der Waals surface area contributed by atoms with E-state index in [-0.39, 0.29) is 11.6 Å². The molecule has 5 rings (SSSR count). The Hall–Kier alpha value is -3.11. The Balaban J connectivity index is 1.41. The van der Waals surface area contributed by atoms with Gasteiger partial charge >= 0.3 is 6.03 Å². The number of benzene rings is 2. The van der Waals surface area contributed by atoms with Crippen molar-refractivity contribution >= 4 is 57.6 Å². The molecule has 1 aliphatic rings. The molecule has 0 bridgehead atoms. The van der Waals surface area contributed by atoms with Gasteiger partial charge in [0.05, 0.1) is 15.7 Å². The molecular weight excluding hydrogens is 549 g/mol. The Morgan fingerprint density at radius 3 is 2.34 bits per heavy atom. The second-order valence-corrected chi connectivity index (χ2v) is 10.5. The maximum Gasteiger partial charge on any atom is 0.321 e. The third-order valence-electron chi connectivity index (χ3n) is 6.55. The lowest BCUT2D eigenvalue weighted by Gasteiger charge is -2.32. The Kier molecular flexibility index (Phi) is 7.63. The molecule has 0 unspecified atom stereocenters. The van der Waals surface area contributed by atoms with E-state index in [0.717, 1.165) is 18.7 Å². The standard InChI is InChI=1S/C26H26Cl3N7O2/c1-3-20-22-24(36(33-20)23-18(28)13-16(27)14-19(23)29)31-21(32-25(22)37)12-15-4-6-17(7-5-15)30-26(38)35-10-8-34(2)9-11-35/h4-7,13-14H,3,8-12H2,1-2H3,(H,30,38)(H,31,32,37). The number of carbonyl (C=O) groups is 1. The van der Waals surface area contributed by atoms with Crippen LogP contribution in [0.15, 0.2) is 41.2 Å². The van der Waals surface area contributed by atoms with Gasteiger partial charge in [-0.1, -0.05) is 53.9 Å². The topological polar surface area (TPSA) is 99.2 Å². The van der Waals surface area contributed by atoms with Crippen molar-refractivity contribution in [3.05, 3.63) is 78.9 Å². The normalized spacial score (nSPS) is 14.3. The Labute approximate surface area is 234 Å². The molecule has 0 saturated carbocycles.